The molecule has 0 spiro atoms. The molecule has 104 valence electrons. The van der Waals surface area contributed by atoms with Crippen LogP contribution in [0.5, 0.6) is 11.5 Å². The highest BCUT2D eigenvalue weighted by Gasteiger charge is 2.29. The number of halogens is 1. The lowest BCUT2D eigenvalue weighted by Crippen LogP contribution is -2.35. The van der Waals surface area contributed by atoms with E-state index in [1.54, 1.807) is 6.07 Å². The van der Waals surface area contributed by atoms with Gasteiger partial charge in [0.15, 0.2) is 11.5 Å². The average Bonchev–Trinajstić information content (AvgIpc) is 2.87. The molecule has 1 unspecified atom stereocenters. The molecule has 1 aromatic carbocycles. The molecule has 1 saturated heterocycles. The van der Waals surface area contributed by atoms with Crippen LogP contribution < -0.4 is 0 Å². The van der Waals surface area contributed by atoms with Crippen LogP contribution in [0.15, 0.2) is 18.2 Å². The number of carbonyl (C=O) groups excluding carboxylic acids is 1. The molecule has 0 bridgehead atoms. The lowest BCUT2D eigenvalue weighted by atomic mass is 10.1. The molecule has 1 heterocycles. The molecule has 0 aliphatic carbocycles. The normalized spacial score (nSPS) is 18.8. The average molecular weight is 328 g/mol. The van der Waals surface area contributed by atoms with Crippen molar-refractivity contribution < 1.29 is 15.0 Å². The number of aromatic hydroxyl groups is 2. The SMILES string of the molecule is O=C(c1ccc(O)c(O)c1)N1CCCC1CCCBr. The zero-order valence-electron chi connectivity index (χ0n) is 10.7. The Morgan fingerprint density at radius 1 is 1.37 bits per heavy atom. The standard InChI is InChI=1S/C14H18BrNO3/c15-7-1-3-11-4-2-8-16(11)14(19)10-5-6-12(17)13(18)9-10/h5-6,9,11,17-18H,1-4,7-8H2. The van der Waals surface area contributed by atoms with E-state index in [9.17, 15) is 15.0 Å². The van der Waals surface area contributed by atoms with Crippen molar-refractivity contribution in [2.45, 2.75) is 31.7 Å². The van der Waals surface area contributed by atoms with Gasteiger partial charge in [-0.05, 0) is 43.9 Å². The topological polar surface area (TPSA) is 60.8 Å². The van der Waals surface area contributed by atoms with Gasteiger partial charge in [0.2, 0.25) is 0 Å². The van der Waals surface area contributed by atoms with Crippen molar-refractivity contribution in [1.82, 2.24) is 4.90 Å². The Morgan fingerprint density at radius 2 is 2.16 bits per heavy atom. The van der Waals surface area contributed by atoms with Crippen LogP contribution in [0, 0.1) is 0 Å². The number of rotatable bonds is 4. The molecule has 0 aromatic heterocycles. The number of hydrogen-bond acceptors (Lipinski definition) is 3. The van der Waals surface area contributed by atoms with Crippen molar-refractivity contribution in [3.63, 3.8) is 0 Å². The lowest BCUT2D eigenvalue weighted by molar-refractivity contribution is 0.0730. The number of hydrogen-bond donors (Lipinski definition) is 2. The van der Waals surface area contributed by atoms with Crippen LogP contribution in [0.4, 0.5) is 0 Å². The van der Waals surface area contributed by atoms with E-state index in [2.05, 4.69) is 15.9 Å². The largest absolute Gasteiger partial charge is 0.504 e. The minimum absolute atomic E-state index is 0.0626. The molecular formula is C14H18BrNO3. The molecular weight excluding hydrogens is 310 g/mol. The van der Waals surface area contributed by atoms with Gasteiger partial charge in [-0.1, -0.05) is 15.9 Å². The van der Waals surface area contributed by atoms with Gasteiger partial charge in [-0.2, -0.15) is 0 Å². The first-order valence-electron chi connectivity index (χ1n) is 6.52. The van der Waals surface area contributed by atoms with Gasteiger partial charge >= 0.3 is 0 Å². The van der Waals surface area contributed by atoms with E-state index >= 15 is 0 Å². The number of carbonyl (C=O) groups is 1. The predicted octanol–water partition coefficient (Wildman–Crippen LogP) is 2.88. The molecule has 1 aromatic rings. The maximum atomic E-state index is 12.4. The zero-order valence-corrected chi connectivity index (χ0v) is 12.3. The Bertz CT molecular complexity index is 464. The summed E-state index contributed by atoms with van der Waals surface area (Å²) in [5.74, 6) is -0.511. The summed E-state index contributed by atoms with van der Waals surface area (Å²) in [5.41, 5.74) is 0.432. The number of likely N-dealkylation sites (tertiary alicyclic amines) is 1. The highest BCUT2D eigenvalue weighted by Crippen LogP contribution is 2.28. The first-order valence-corrected chi connectivity index (χ1v) is 7.64. The lowest BCUT2D eigenvalue weighted by Gasteiger charge is -2.24. The Balaban J connectivity index is 2.11. The van der Waals surface area contributed by atoms with E-state index in [-0.39, 0.29) is 17.4 Å². The molecule has 1 atom stereocenters. The Hall–Kier alpha value is -1.23. The molecule has 2 N–H and O–H groups in total. The predicted molar refractivity (Wildman–Crippen MR) is 76.9 cm³/mol. The summed E-state index contributed by atoms with van der Waals surface area (Å²) < 4.78 is 0. The monoisotopic (exact) mass is 327 g/mol. The third-order valence-corrected chi connectivity index (χ3v) is 4.09. The van der Waals surface area contributed by atoms with E-state index < -0.39 is 0 Å². The highest BCUT2D eigenvalue weighted by molar-refractivity contribution is 9.09. The van der Waals surface area contributed by atoms with Crippen molar-refractivity contribution in [3.05, 3.63) is 23.8 Å². The minimum atomic E-state index is -0.248. The summed E-state index contributed by atoms with van der Waals surface area (Å²) in [6, 6.07) is 4.53. The van der Waals surface area contributed by atoms with Gasteiger partial charge in [0, 0.05) is 23.5 Å². The summed E-state index contributed by atoms with van der Waals surface area (Å²) >= 11 is 3.41. The van der Waals surface area contributed by atoms with Crippen LogP contribution in [0.3, 0.4) is 0 Å². The van der Waals surface area contributed by atoms with Gasteiger partial charge in [0.1, 0.15) is 0 Å². The number of alkyl halides is 1. The van der Waals surface area contributed by atoms with E-state index in [0.717, 1.165) is 37.6 Å². The van der Waals surface area contributed by atoms with Crippen LogP contribution in [0.25, 0.3) is 0 Å². The first-order chi connectivity index (χ1) is 9.13. The Labute approximate surface area is 121 Å². The van der Waals surface area contributed by atoms with Crippen molar-refractivity contribution in [3.8, 4) is 11.5 Å². The van der Waals surface area contributed by atoms with E-state index in [4.69, 9.17) is 0 Å². The summed E-state index contributed by atoms with van der Waals surface area (Å²) in [7, 11) is 0. The molecule has 1 amide bonds. The van der Waals surface area contributed by atoms with Crippen molar-refractivity contribution in [2.24, 2.45) is 0 Å². The molecule has 1 fully saturated rings. The van der Waals surface area contributed by atoms with E-state index in [0.29, 0.717) is 11.6 Å². The molecule has 2 rings (SSSR count). The van der Waals surface area contributed by atoms with Crippen molar-refractivity contribution >= 4 is 21.8 Å². The second-order valence-corrected chi connectivity index (χ2v) is 5.62. The van der Waals surface area contributed by atoms with Crippen LogP contribution in [0.2, 0.25) is 0 Å². The maximum Gasteiger partial charge on any atom is 0.254 e. The summed E-state index contributed by atoms with van der Waals surface area (Å²) in [4.78, 5) is 14.3. The van der Waals surface area contributed by atoms with Gasteiger partial charge in [-0.25, -0.2) is 0 Å². The number of amides is 1. The van der Waals surface area contributed by atoms with Crippen molar-refractivity contribution in [1.29, 1.82) is 0 Å². The van der Waals surface area contributed by atoms with Crippen LogP contribution >= 0.6 is 15.9 Å². The minimum Gasteiger partial charge on any atom is -0.504 e. The number of nitrogens with zero attached hydrogens (tertiary/aromatic N) is 1. The van der Waals surface area contributed by atoms with Crippen molar-refractivity contribution in [2.75, 3.05) is 11.9 Å². The summed E-state index contributed by atoms with van der Waals surface area (Å²) in [6.45, 7) is 0.771. The Kier molecular flexibility index (Phi) is 4.69. The van der Waals surface area contributed by atoms with Crippen LogP contribution in [-0.4, -0.2) is 38.9 Å². The van der Waals surface area contributed by atoms with Gasteiger partial charge < -0.3 is 15.1 Å². The van der Waals surface area contributed by atoms with Gasteiger partial charge in [0.05, 0.1) is 0 Å². The number of phenols is 2. The van der Waals surface area contributed by atoms with E-state index in [1.807, 2.05) is 4.90 Å². The van der Waals surface area contributed by atoms with Gasteiger partial charge in [-0.15, -0.1) is 0 Å². The van der Waals surface area contributed by atoms with Gasteiger partial charge in [-0.3, -0.25) is 4.79 Å². The fraction of sp³-hybridized carbons (Fsp3) is 0.500. The molecule has 19 heavy (non-hydrogen) atoms. The third kappa shape index (κ3) is 3.21. The quantitative estimate of drug-likeness (QED) is 0.660. The molecule has 4 nitrogen and oxygen atoms in total. The molecule has 0 saturated carbocycles. The van der Waals surface area contributed by atoms with Crippen LogP contribution in [-0.2, 0) is 0 Å². The van der Waals surface area contributed by atoms with E-state index in [1.165, 1.54) is 12.1 Å². The molecule has 1 aliphatic heterocycles. The number of phenolic OH excluding ortho intramolecular Hbond substituents is 2. The fourth-order valence-corrected chi connectivity index (χ4v) is 2.86. The molecule has 1 aliphatic rings. The summed E-state index contributed by atoms with van der Waals surface area (Å²) in [5, 5.41) is 19.7. The smallest absolute Gasteiger partial charge is 0.254 e. The van der Waals surface area contributed by atoms with Crippen LogP contribution in [0.1, 0.15) is 36.0 Å². The number of benzene rings is 1. The van der Waals surface area contributed by atoms with Gasteiger partial charge in [0.25, 0.3) is 5.91 Å². The molecule has 5 heteroatoms. The summed E-state index contributed by atoms with van der Waals surface area (Å²) in [6.07, 6.45) is 4.13. The second-order valence-electron chi connectivity index (χ2n) is 4.83. The molecule has 0 radical (unpaired) electrons. The zero-order chi connectivity index (χ0) is 13.8. The first kappa shape index (κ1) is 14.2. The fourth-order valence-electron chi connectivity index (χ4n) is 2.54. The highest BCUT2D eigenvalue weighted by atomic mass is 79.9. The Morgan fingerprint density at radius 3 is 2.84 bits per heavy atom. The third-order valence-electron chi connectivity index (χ3n) is 3.53. The maximum absolute atomic E-state index is 12.4. The second kappa shape index (κ2) is 6.28.